The van der Waals surface area contributed by atoms with Crippen molar-refractivity contribution in [2.75, 3.05) is 5.32 Å². The molecule has 1 aromatic carbocycles. The highest BCUT2D eigenvalue weighted by Gasteiger charge is 2.42. The second-order valence-corrected chi connectivity index (χ2v) is 7.12. The van der Waals surface area contributed by atoms with Crippen LogP contribution in [-0.4, -0.2) is 20.5 Å². The van der Waals surface area contributed by atoms with E-state index in [1.165, 1.54) is 0 Å². The van der Waals surface area contributed by atoms with E-state index in [0.29, 0.717) is 10.7 Å². The molecule has 6 heteroatoms. The quantitative estimate of drug-likeness (QED) is 0.768. The Morgan fingerprint density at radius 1 is 1.24 bits per heavy atom. The molecule has 1 fully saturated rings. The van der Waals surface area contributed by atoms with E-state index in [2.05, 4.69) is 15.4 Å². The minimum Gasteiger partial charge on any atom is -0.323 e. The average molecular weight is 355 g/mol. The Morgan fingerprint density at radius 3 is 2.68 bits per heavy atom. The number of fused-ring (bicyclic) bond motifs is 1. The number of nitrogens with zero attached hydrogens (tertiary/aromatic N) is 3. The second-order valence-electron chi connectivity index (χ2n) is 6.68. The smallest absolute Gasteiger partial charge is 0.235 e. The van der Waals surface area contributed by atoms with Crippen LogP contribution in [0.5, 0.6) is 0 Å². The molecule has 25 heavy (non-hydrogen) atoms. The van der Waals surface area contributed by atoms with Crippen molar-refractivity contribution in [2.45, 2.75) is 38.0 Å². The van der Waals surface area contributed by atoms with Crippen molar-refractivity contribution in [1.29, 1.82) is 0 Å². The highest BCUT2D eigenvalue weighted by molar-refractivity contribution is 6.30. The zero-order chi connectivity index (χ0) is 17.4. The van der Waals surface area contributed by atoms with Gasteiger partial charge in [0.25, 0.3) is 0 Å². The van der Waals surface area contributed by atoms with Crippen LogP contribution in [0.1, 0.15) is 36.9 Å². The molecule has 1 aliphatic rings. The fourth-order valence-electron chi connectivity index (χ4n) is 3.70. The lowest BCUT2D eigenvalue weighted by Crippen LogP contribution is -2.38. The van der Waals surface area contributed by atoms with Gasteiger partial charge in [0.1, 0.15) is 0 Å². The van der Waals surface area contributed by atoms with Gasteiger partial charge in [-0.2, -0.15) is 5.10 Å². The van der Waals surface area contributed by atoms with Gasteiger partial charge in [-0.1, -0.05) is 36.6 Å². The summed E-state index contributed by atoms with van der Waals surface area (Å²) in [5.41, 5.74) is 2.84. The van der Waals surface area contributed by atoms with Crippen LogP contribution in [0.2, 0.25) is 5.02 Å². The number of nitrogens with one attached hydrogen (secondary N) is 1. The summed E-state index contributed by atoms with van der Waals surface area (Å²) in [7, 11) is 0. The van der Waals surface area contributed by atoms with Gasteiger partial charge >= 0.3 is 0 Å². The van der Waals surface area contributed by atoms with Gasteiger partial charge in [0, 0.05) is 11.1 Å². The molecule has 3 aromatic rings. The number of carbonyl (C=O) groups is 1. The molecule has 1 aliphatic carbocycles. The lowest BCUT2D eigenvalue weighted by Gasteiger charge is -2.28. The zero-order valence-corrected chi connectivity index (χ0v) is 14.8. The van der Waals surface area contributed by atoms with Crippen molar-refractivity contribution >= 4 is 28.8 Å². The summed E-state index contributed by atoms with van der Waals surface area (Å²) in [6.45, 7) is 1.92. The Bertz CT molecular complexity index is 926. The highest BCUT2D eigenvalue weighted by Crippen LogP contribution is 2.42. The van der Waals surface area contributed by atoms with Crippen LogP contribution in [0.3, 0.4) is 0 Å². The monoisotopic (exact) mass is 354 g/mol. The minimum atomic E-state index is -0.500. The van der Waals surface area contributed by atoms with E-state index in [4.69, 9.17) is 11.6 Å². The van der Waals surface area contributed by atoms with E-state index in [-0.39, 0.29) is 5.91 Å². The van der Waals surface area contributed by atoms with Crippen LogP contribution in [0.25, 0.3) is 5.65 Å². The largest absolute Gasteiger partial charge is 0.323 e. The maximum absolute atomic E-state index is 13.2. The molecule has 4 rings (SSSR count). The number of anilines is 1. The normalized spacial score (nSPS) is 16.2. The summed E-state index contributed by atoms with van der Waals surface area (Å²) in [6, 6.07) is 9.53. The van der Waals surface area contributed by atoms with Crippen molar-refractivity contribution < 1.29 is 4.79 Å². The zero-order valence-electron chi connectivity index (χ0n) is 14.0. The third-order valence-corrected chi connectivity index (χ3v) is 5.23. The van der Waals surface area contributed by atoms with Crippen molar-refractivity contribution in [2.24, 2.45) is 0 Å². The summed E-state index contributed by atoms with van der Waals surface area (Å²) < 4.78 is 1.69. The molecule has 1 N–H and O–H groups in total. The van der Waals surface area contributed by atoms with Gasteiger partial charge in [0.2, 0.25) is 5.91 Å². The number of carbonyl (C=O) groups excluding carboxylic acids is 1. The van der Waals surface area contributed by atoms with Crippen molar-refractivity contribution in [1.82, 2.24) is 14.6 Å². The van der Waals surface area contributed by atoms with Gasteiger partial charge in [0.05, 0.1) is 29.2 Å². The van der Waals surface area contributed by atoms with Gasteiger partial charge in [-0.05, 0) is 37.5 Å². The van der Waals surface area contributed by atoms with Crippen molar-refractivity contribution in [3.05, 3.63) is 59.0 Å². The molecule has 1 amide bonds. The molecule has 0 radical (unpaired) electrons. The Hall–Kier alpha value is -2.40. The summed E-state index contributed by atoms with van der Waals surface area (Å²) in [5.74, 6) is 0.0114. The lowest BCUT2D eigenvalue weighted by atomic mass is 9.78. The van der Waals surface area contributed by atoms with Crippen LogP contribution >= 0.6 is 11.6 Å². The van der Waals surface area contributed by atoms with Crippen LogP contribution in [0.4, 0.5) is 5.69 Å². The number of hydrogen-bond donors (Lipinski definition) is 1. The molecule has 0 unspecified atom stereocenters. The maximum Gasteiger partial charge on any atom is 0.235 e. The van der Waals surface area contributed by atoms with Crippen LogP contribution in [0.15, 0.2) is 42.7 Å². The number of amides is 1. The predicted molar refractivity (Wildman–Crippen MR) is 98.0 cm³/mol. The number of rotatable bonds is 3. The lowest BCUT2D eigenvalue weighted by molar-refractivity contribution is -0.121. The molecule has 0 aliphatic heterocycles. The van der Waals surface area contributed by atoms with E-state index >= 15 is 0 Å². The highest BCUT2D eigenvalue weighted by atomic mass is 35.5. The maximum atomic E-state index is 13.2. The molecule has 128 valence electrons. The van der Waals surface area contributed by atoms with E-state index in [1.807, 2.05) is 37.3 Å². The molecule has 2 heterocycles. The summed E-state index contributed by atoms with van der Waals surface area (Å²) in [5, 5.41) is 8.08. The van der Waals surface area contributed by atoms with E-state index in [1.54, 1.807) is 16.9 Å². The molecule has 0 saturated heterocycles. The van der Waals surface area contributed by atoms with Crippen LogP contribution in [-0.2, 0) is 10.2 Å². The molecule has 5 nitrogen and oxygen atoms in total. The van der Waals surface area contributed by atoms with E-state index in [0.717, 1.165) is 42.6 Å². The van der Waals surface area contributed by atoms with E-state index in [9.17, 15) is 4.79 Å². The topological polar surface area (TPSA) is 59.3 Å². The van der Waals surface area contributed by atoms with Crippen molar-refractivity contribution in [3.8, 4) is 0 Å². The number of benzene rings is 1. The molecule has 1 saturated carbocycles. The van der Waals surface area contributed by atoms with Crippen molar-refractivity contribution in [3.63, 3.8) is 0 Å². The second kappa shape index (κ2) is 6.15. The Kier molecular flexibility index (Phi) is 3.96. The first-order chi connectivity index (χ1) is 12.1. The molecule has 2 aromatic heterocycles. The molecular weight excluding hydrogens is 336 g/mol. The Labute approximate surface area is 151 Å². The Morgan fingerprint density at radius 2 is 1.96 bits per heavy atom. The number of aryl methyl sites for hydroxylation is 1. The van der Waals surface area contributed by atoms with Crippen LogP contribution in [0, 0.1) is 6.92 Å². The summed E-state index contributed by atoms with van der Waals surface area (Å²) >= 11 is 6.01. The molecule has 0 atom stereocenters. The third-order valence-electron chi connectivity index (χ3n) is 4.98. The van der Waals surface area contributed by atoms with Gasteiger partial charge in [-0.15, -0.1) is 0 Å². The third kappa shape index (κ3) is 2.89. The number of hydrogen-bond acceptors (Lipinski definition) is 3. The first-order valence-electron chi connectivity index (χ1n) is 8.46. The van der Waals surface area contributed by atoms with Gasteiger partial charge in [0.15, 0.2) is 5.65 Å². The minimum absolute atomic E-state index is 0.0114. The first kappa shape index (κ1) is 16.1. The molecule has 0 spiro atoms. The number of aromatic nitrogens is 3. The average Bonchev–Trinajstić information content (AvgIpc) is 3.21. The SMILES string of the molecule is Cc1cc2ncc(NC(=O)C3(c4ccc(Cl)cc4)CCCC3)cn2n1. The molecule has 0 bridgehead atoms. The predicted octanol–water partition coefficient (Wildman–Crippen LogP) is 4.14. The summed E-state index contributed by atoms with van der Waals surface area (Å²) in [4.78, 5) is 17.5. The van der Waals surface area contributed by atoms with Crippen LogP contribution < -0.4 is 5.32 Å². The van der Waals surface area contributed by atoms with Gasteiger partial charge < -0.3 is 5.32 Å². The summed E-state index contributed by atoms with van der Waals surface area (Å²) in [6.07, 6.45) is 7.27. The van der Waals surface area contributed by atoms with E-state index < -0.39 is 5.41 Å². The fraction of sp³-hybridized carbons (Fsp3) is 0.316. The molecular formula is C19H19ClN4O. The van der Waals surface area contributed by atoms with Gasteiger partial charge in [-0.25, -0.2) is 9.50 Å². The standard InChI is InChI=1S/C19H19ClN4O/c1-13-10-17-21-11-16(12-24(17)23-13)22-18(25)19(8-2-3-9-19)14-4-6-15(20)7-5-14/h4-7,10-12H,2-3,8-9H2,1H3,(H,22,25). The van der Waals surface area contributed by atoms with Gasteiger partial charge in [-0.3, -0.25) is 4.79 Å². The number of halogens is 1. The fourth-order valence-corrected chi connectivity index (χ4v) is 3.83. The first-order valence-corrected chi connectivity index (χ1v) is 8.84. The Balaban J connectivity index is 1.65.